The van der Waals surface area contributed by atoms with Crippen LogP contribution in [0.5, 0.6) is 5.75 Å². The van der Waals surface area contributed by atoms with Crippen molar-refractivity contribution in [3.63, 3.8) is 0 Å². The van der Waals surface area contributed by atoms with E-state index in [1.165, 1.54) is 6.07 Å². The number of phenols is 1. The highest BCUT2D eigenvalue weighted by Crippen LogP contribution is 2.27. The van der Waals surface area contributed by atoms with Gasteiger partial charge in [0.05, 0.1) is 0 Å². The molecule has 0 saturated heterocycles. The molecule has 1 N–H and O–H groups in total. The highest BCUT2D eigenvalue weighted by Gasteiger charge is 2.12. The van der Waals surface area contributed by atoms with Crippen LogP contribution in [-0.2, 0) is 0 Å². The number of aromatic hydroxyl groups is 1. The number of hydrogen-bond acceptors (Lipinski definition) is 1. The first-order chi connectivity index (χ1) is 10.6. The molecular weight excluding hydrogens is 294 g/mol. The van der Waals surface area contributed by atoms with Gasteiger partial charge in [0, 0.05) is 5.30 Å². The molecule has 22 heavy (non-hydrogen) atoms. The molecule has 0 fully saturated rings. The maximum atomic E-state index is 14.3. The van der Waals surface area contributed by atoms with Crippen LogP contribution in [0.3, 0.4) is 0 Å². The van der Waals surface area contributed by atoms with E-state index in [4.69, 9.17) is 0 Å². The van der Waals surface area contributed by atoms with Crippen LogP contribution in [0.4, 0.5) is 4.39 Å². The molecule has 114 valence electrons. The number of hydrogen-bond donors (Lipinski definition) is 1. The minimum absolute atomic E-state index is 0.0968. The molecule has 2 aromatic carbocycles. The predicted molar refractivity (Wildman–Crippen MR) is 93.8 cm³/mol. The highest BCUT2D eigenvalue weighted by atomic mass is 31.1. The SMILES string of the molecule is CC(C)c1cc(F)c(Pc2ccccccccc2)cc1O. The van der Waals surface area contributed by atoms with E-state index in [1.54, 1.807) is 6.07 Å². The Hall–Kier alpha value is -1.92. The van der Waals surface area contributed by atoms with Crippen LogP contribution in [0, 0.1) is 5.82 Å². The van der Waals surface area contributed by atoms with Crippen molar-refractivity contribution in [3.05, 3.63) is 78.1 Å². The van der Waals surface area contributed by atoms with Crippen LogP contribution in [0.25, 0.3) is 0 Å². The van der Waals surface area contributed by atoms with Gasteiger partial charge in [0.15, 0.2) is 0 Å². The molecule has 0 radical (unpaired) electrons. The second-order valence-electron chi connectivity index (χ2n) is 5.31. The molecule has 3 heteroatoms. The average molecular weight is 314 g/mol. The first-order valence-corrected chi connectivity index (χ1v) is 8.25. The van der Waals surface area contributed by atoms with Gasteiger partial charge in [0.2, 0.25) is 0 Å². The minimum atomic E-state index is -0.259. The molecule has 0 aliphatic carbocycles. The highest BCUT2D eigenvalue weighted by molar-refractivity contribution is 7.55. The van der Waals surface area contributed by atoms with E-state index in [2.05, 4.69) is 0 Å². The molecule has 0 heterocycles. The van der Waals surface area contributed by atoms with Crippen LogP contribution in [0.2, 0.25) is 0 Å². The molecule has 0 bridgehead atoms. The fourth-order valence-electron chi connectivity index (χ4n) is 2.07. The van der Waals surface area contributed by atoms with Crippen molar-refractivity contribution in [3.8, 4) is 5.75 Å². The van der Waals surface area contributed by atoms with Crippen LogP contribution in [0.15, 0.2) is 66.7 Å². The summed E-state index contributed by atoms with van der Waals surface area (Å²) in [5.41, 5.74) is 0.648. The van der Waals surface area contributed by atoms with Gasteiger partial charge in [0.25, 0.3) is 0 Å². The zero-order valence-electron chi connectivity index (χ0n) is 12.8. The third-order valence-electron chi connectivity index (χ3n) is 3.24. The molecule has 1 atom stereocenters. The van der Waals surface area contributed by atoms with Crippen molar-refractivity contribution >= 4 is 19.2 Å². The summed E-state index contributed by atoms with van der Waals surface area (Å²) in [6.07, 6.45) is 0. The van der Waals surface area contributed by atoms with Gasteiger partial charge in [-0.05, 0) is 28.9 Å². The quantitative estimate of drug-likeness (QED) is 0.832. The lowest BCUT2D eigenvalue weighted by Gasteiger charge is -2.11. The van der Waals surface area contributed by atoms with Gasteiger partial charge in [-0.3, -0.25) is 0 Å². The topological polar surface area (TPSA) is 20.2 Å². The molecule has 0 aliphatic rings. The second-order valence-corrected chi connectivity index (χ2v) is 6.67. The maximum absolute atomic E-state index is 14.3. The Kier molecular flexibility index (Phi) is 5.91. The zero-order chi connectivity index (χ0) is 15.9. The summed E-state index contributed by atoms with van der Waals surface area (Å²) in [5, 5.41) is 11.6. The summed E-state index contributed by atoms with van der Waals surface area (Å²) in [6.45, 7) is 3.88. The van der Waals surface area contributed by atoms with Crippen molar-refractivity contribution < 1.29 is 9.50 Å². The molecule has 2 rings (SSSR count). The van der Waals surface area contributed by atoms with Crippen molar-refractivity contribution in [1.82, 2.24) is 0 Å². The normalized spacial score (nSPS) is 10.9. The third-order valence-corrected chi connectivity index (χ3v) is 4.51. The van der Waals surface area contributed by atoms with Gasteiger partial charge in [-0.1, -0.05) is 77.0 Å². The number of halogens is 1. The standard InChI is InChI=1S/C19H20FOP/c1-14(2)16-12-17(20)19(13-18(16)21)22-15-10-8-6-4-3-5-7-9-11-15/h3-14,21-22H,1-2H3. The van der Waals surface area contributed by atoms with Gasteiger partial charge in [-0.2, -0.15) is 0 Å². The van der Waals surface area contributed by atoms with Crippen molar-refractivity contribution in [2.75, 3.05) is 0 Å². The lowest BCUT2D eigenvalue weighted by Crippen LogP contribution is -2.08. The van der Waals surface area contributed by atoms with E-state index in [0.29, 0.717) is 10.9 Å². The van der Waals surface area contributed by atoms with Crippen LogP contribution >= 0.6 is 8.58 Å². The van der Waals surface area contributed by atoms with E-state index in [-0.39, 0.29) is 26.1 Å². The Morgan fingerprint density at radius 2 is 1.45 bits per heavy atom. The average Bonchev–Trinajstić information content (AvgIpc) is 2.48. The van der Waals surface area contributed by atoms with E-state index in [9.17, 15) is 9.50 Å². The molecule has 1 nitrogen and oxygen atoms in total. The largest absolute Gasteiger partial charge is 0.508 e. The Morgan fingerprint density at radius 3 is 2.00 bits per heavy atom. The smallest absolute Gasteiger partial charge is 0.131 e. The van der Waals surface area contributed by atoms with Crippen molar-refractivity contribution in [2.45, 2.75) is 19.8 Å². The molecule has 0 aliphatic heterocycles. The van der Waals surface area contributed by atoms with Gasteiger partial charge in [0.1, 0.15) is 11.6 Å². The lowest BCUT2D eigenvalue weighted by atomic mass is 10.0. The summed E-state index contributed by atoms with van der Waals surface area (Å²) in [5.74, 6) is 0.00636. The zero-order valence-corrected chi connectivity index (χ0v) is 13.8. The van der Waals surface area contributed by atoms with Crippen LogP contribution in [-0.4, -0.2) is 5.11 Å². The summed E-state index contributed by atoms with van der Waals surface area (Å²) in [7, 11) is 0.156. The molecule has 0 spiro atoms. The monoisotopic (exact) mass is 314 g/mol. The Morgan fingerprint density at radius 1 is 0.909 bits per heavy atom. The van der Waals surface area contributed by atoms with E-state index in [1.807, 2.05) is 68.4 Å². The van der Waals surface area contributed by atoms with Gasteiger partial charge >= 0.3 is 0 Å². The molecular formula is C19H20FOP. The molecule has 1 unspecified atom stereocenters. The fourth-order valence-corrected chi connectivity index (χ4v) is 3.14. The van der Waals surface area contributed by atoms with E-state index in [0.717, 1.165) is 5.30 Å². The molecule has 2 aromatic rings. The summed E-state index contributed by atoms with van der Waals surface area (Å²) in [6, 6.07) is 20.5. The van der Waals surface area contributed by atoms with Gasteiger partial charge < -0.3 is 5.11 Å². The van der Waals surface area contributed by atoms with Gasteiger partial charge in [-0.15, -0.1) is 0 Å². The summed E-state index contributed by atoms with van der Waals surface area (Å²) in [4.78, 5) is 0. The van der Waals surface area contributed by atoms with Gasteiger partial charge in [-0.25, -0.2) is 4.39 Å². The fraction of sp³-hybridized carbons (Fsp3) is 0.158. The first-order valence-electron chi connectivity index (χ1n) is 7.25. The number of phenolic OH excluding ortho intramolecular Hbond substituents is 1. The number of benzene rings is 1. The lowest BCUT2D eigenvalue weighted by molar-refractivity contribution is 0.463. The molecule has 0 saturated carbocycles. The van der Waals surface area contributed by atoms with Crippen LogP contribution < -0.4 is 10.6 Å². The predicted octanol–water partition coefficient (Wildman–Crippen LogP) is 4.41. The molecule has 0 aromatic heterocycles. The maximum Gasteiger partial charge on any atom is 0.131 e. The van der Waals surface area contributed by atoms with Crippen molar-refractivity contribution in [1.29, 1.82) is 0 Å². The summed E-state index contributed by atoms with van der Waals surface area (Å²) >= 11 is 0. The third kappa shape index (κ3) is 4.54. The summed E-state index contributed by atoms with van der Waals surface area (Å²) < 4.78 is 14.3. The van der Waals surface area contributed by atoms with E-state index < -0.39 is 0 Å². The second kappa shape index (κ2) is 7.91. The van der Waals surface area contributed by atoms with E-state index >= 15 is 0 Å². The molecule has 0 amide bonds. The van der Waals surface area contributed by atoms with Crippen LogP contribution in [0.1, 0.15) is 25.3 Å². The van der Waals surface area contributed by atoms with Crippen molar-refractivity contribution in [2.24, 2.45) is 0 Å². The minimum Gasteiger partial charge on any atom is -0.508 e. The first kappa shape index (κ1) is 16.5. The Bertz CT molecular complexity index is 672. The Balaban J connectivity index is 2.37. The Labute approximate surface area is 132 Å². The number of rotatable bonds is 3.